The zero-order valence-corrected chi connectivity index (χ0v) is 17.5. The topological polar surface area (TPSA) is 86.1 Å². The molecule has 8 heteroatoms. The van der Waals surface area contributed by atoms with E-state index in [0.29, 0.717) is 19.7 Å². The average Bonchev–Trinajstić information content (AvgIpc) is 3.39. The first-order valence-corrected chi connectivity index (χ1v) is 11.8. The van der Waals surface area contributed by atoms with E-state index in [1.54, 1.807) is 30.6 Å². The van der Waals surface area contributed by atoms with Crippen LogP contribution in [-0.4, -0.2) is 36.3 Å². The SMILES string of the molecule is O=S(=O)(NCCn1nc(-c2ccncc2)c2c1CCCC2)c1ccc2c(c1)CCO2. The number of fused-ring (bicyclic) bond motifs is 2. The zero-order valence-electron chi connectivity index (χ0n) is 16.7. The van der Waals surface area contributed by atoms with Crippen LogP contribution in [0.4, 0.5) is 0 Å². The zero-order chi connectivity index (χ0) is 20.6. The Morgan fingerprint density at radius 3 is 2.77 bits per heavy atom. The van der Waals surface area contributed by atoms with Crippen molar-refractivity contribution in [3.8, 4) is 17.0 Å². The van der Waals surface area contributed by atoms with Gasteiger partial charge in [0.1, 0.15) is 5.75 Å². The normalized spacial score (nSPS) is 15.5. The van der Waals surface area contributed by atoms with Gasteiger partial charge in [-0.1, -0.05) is 0 Å². The Balaban J connectivity index is 1.34. The molecule has 0 atom stereocenters. The van der Waals surface area contributed by atoms with Gasteiger partial charge < -0.3 is 4.74 Å². The van der Waals surface area contributed by atoms with Gasteiger partial charge in [-0.2, -0.15) is 5.10 Å². The van der Waals surface area contributed by atoms with Crippen LogP contribution in [0.2, 0.25) is 0 Å². The van der Waals surface area contributed by atoms with Gasteiger partial charge in [-0.3, -0.25) is 9.67 Å². The number of hydrogen-bond acceptors (Lipinski definition) is 5. The third-order valence-corrected chi connectivity index (χ3v) is 7.26. The summed E-state index contributed by atoms with van der Waals surface area (Å²) in [5.74, 6) is 0.778. The van der Waals surface area contributed by atoms with Gasteiger partial charge in [-0.15, -0.1) is 0 Å². The highest BCUT2D eigenvalue weighted by atomic mass is 32.2. The summed E-state index contributed by atoms with van der Waals surface area (Å²) >= 11 is 0. The van der Waals surface area contributed by atoms with Crippen molar-refractivity contribution < 1.29 is 13.2 Å². The van der Waals surface area contributed by atoms with Gasteiger partial charge in [0, 0.05) is 42.2 Å². The molecule has 3 heterocycles. The number of aromatic nitrogens is 3. The maximum atomic E-state index is 12.7. The van der Waals surface area contributed by atoms with Crippen molar-refractivity contribution in [2.45, 2.75) is 43.5 Å². The molecule has 0 spiro atoms. The van der Waals surface area contributed by atoms with Crippen molar-refractivity contribution in [3.05, 3.63) is 59.5 Å². The molecule has 1 aromatic carbocycles. The van der Waals surface area contributed by atoms with E-state index in [9.17, 15) is 8.42 Å². The second kappa shape index (κ2) is 7.85. The Bertz CT molecular complexity index is 1170. The first-order valence-electron chi connectivity index (χ1n) is 10.4. The van der Waals surface area contributed by atoms with E-state index in [4.69, 9.17) is 9.84 Å². The fourth-order valence-electron chi connectivity index (χ4n) is 4.30. The van der Waals surface area contributed by atoms with Crippen LogP contribution in [0.3, 0.4) is 0 Å². The number of rotatable bonds is 6. The number of hydrogen-bond donors (Lipinski definition) is 1. The van der Waals surface area contributed by atoms with Crippen LogP contribution in [0.5, 0.6) is 5.75 Å². The maximum absolute atomic E-state index is 12.7. The van der Waals surface area contributed by atoms with Crippen LogP contribution in [0.15, 0.2) is 47.6 Å². The Labute approximate surface area is 176 Å². The molecule has 7 nitrogen and oxygen atoms in total. The quantitative estimate of drug-likeness (QED) is 0.658. The molecule has 30 heavy (non-hydrogen) atoms. The molecule has 1 aliphatic carbocycles. The molecule has 1 aliphatic heterocycles. The predicted molar refractivity (Wildman–Crippen MR) is 113 cm³/mol. The molecule has 2 aromatic heterocycles. The largest absolute Gasteiger partial charge is 0.493 e. The first-order chi connectivity index (χ1) is 14.6. The smallest absolute Gasteiger partial charge is 0.240 e. The Hall–Kier alpha value is -2.71. The molecular formula is C22H24N4O3S. The van der Waals surface area contributed by atoms with Crippen molar-refractivity contribution in [2.24, 2.45) is 0 Å². The van der Waals surface area contributed by atoms with Crippen molar-refractivity contribution >= 4 is 10.0 Å². The van der Waals surface area contributed by atoms with Crippen molar-refractivity contribution in [1.29, 1.82) is 0 Å². The molecule has 0 fully saturated rings. The lowest BCUT2D eigenvalue weighted by Gasteiger charge is -2.14. The third kappa shape index (κ3) is 3.61. The summed E-state index contributed by atoms with van der Waals surface area (Å²) in [5.41, 5.74) is 5.51. The standard InChI is InChI=1S/C22H24N4O3S/c27-30(28,18-5-6-21-17(15-18)9-14-29-21)24-12-13-26-20-4-2-1-3-19(20)22(25-26)16-7-10-23-11-8-16/h5-8,10-11,15,24H,1-4,9,12-14H2. The van der Waals surface area contributed by atoms with Crippen LogP contribution >= 0.6 is 0 Å². The highest BCUT2D eigenvalue weighted by Gasteiger charge is 2.23. The molecule has 2 aliphatic rings. The summed E-state index contributed by atoms with van der Waals surface area (Å²) in [5, 5.41) is 4.84. The van der Waals surface area contributed by atoms with Crippen molar-refractivity contribution in [3.63, 3.8) is 0 Å². The van der Waals surface area contributed by atoms with E-state index in [1.165, 1.54) is 11.3 Å². The van der Waals surface area contributed by atoms with Gasteiger partial charge in [-0.25, -0.2) is 13.1 Å². The lowest BCUT2D eigenvalue weighted by atomic mass is 9.94. The Morgan fingerprint density at radius 1 is 1.07 bits per heavy atom. The highest BCUT2D eigenvalue weighted by Crippen LogP contribution is 2.31. The van der Waals surface area contributed by atoms with Crippen LogP contribution in [-0.2, 0) is 35.8 Å². The van der Waals surface area contributed by atoms with Gasteiger partial charge in [0.05, 0.1) is 23.7 Å². The molecule has 0 saturated carbocycles. The number of nitrogens with zero attached hydrogens (tertiary/aromatic N) is 3. The molecule has 3 aromatic rings. The summed E-state index contributed by atoms with van der Waals surface area (Å²) in [6.07, 6.45) is 8.58. The minimum absolute atomic E-state index is 0.284. The van der Waals surface area contributed by atoms with E-state index in [1.807, 2.05) is 16.8 Å². The molecule has 0 saturated heterocycles. The lowest BCUT2D eigenvalue weighted by molar-refractivity contribution is 0.356. The fourth-order valence-corrected chi connectivity index (χ4v) is 5.37. The van der Waals surface area contributed by atoms with E-state index in [2.05, 4.69) is 9.71 Å². The molecule has 0 amide bonds. The second-order valence-electron chi connectivity index (χ2n) is 7.71. The molecular weight excluding hydrogens is 400 g/mol. The number of sulfonamides is 1. The van der Waals surface area contributed by atoms with E-state index >= 15 is 0 Å². The number of ether oxygens (including phenoxy) is 1. The monoisotopic (exact) mass is 424 g/mol. The van der Waals surface area contributed by atoms with Crippen molar-refractivity contribution in [1.82, 2.24) is 19.5 Å². The van der Waals surface area contributed by atoms with Crippen LogP contribution in [0, 0.1) is 0 Å². The van der Waals surface area contributed by atoms with Gasteiger partial charge in [-0.05, 0) is 61.6 Å². The number of benzene rings is 1. The molecule has 1 N–H and O–H groups in total. The summed E-state index contributed by atoms with van der Waals surface area (Å²) in [6, 6.07) is 9.00. The summed E-state index contributed by atoms with van der Waals surface area (Å²) in [7, 11) is -3.57. The minimum Gasteiger partial charge on any atom is -0.493 e. The predicted octanol–water partition coefficient (Wildman–Crippen LogP) is 2.74. The van der Waals surface area contributed by atoms with Gasteiger partial charge in [0.15, 0.2) is 0 Å². The van der Waals surface area contributed by atoms with E-state index < -0.39 is 10.0 Å². The van der Waals surface area contributed by atoms with Crippen LogP contribution in [0.25, 0.3) is 11.3 Å². The van der Waals surface area contributed by atoms with Gasteiger partial charge in [0.2, 0.25) is 10.0 Å². The fraction of sp³-hybridized carbons (Fsp3) is 0.364. The maximum Gasteiger partial charge on any atom is 0.240 e. The first kappa shape index (κ1) is 19.3. The summed E-state index contributed by atoms with van der Waals surface area (Å²) in [4.78, 5) is 4.38. The van der Waals surface area contributed by atoms with E-state index in [0.717, 1.165) is 54.7 Å². The molecule has 156 valence electrons. The Morgan fingerprint density at radius 2 is 1.90 bits per heavy atom. The highest BCUT2D eigenvalue weighted by molar-refractivity contribution is 7.89. The minimum atomic E-state index is -3.57. The molecule has 5 rings (SSSR count). The average molecular weight is 425 g/mol. The third-order valence-electron chi connectivity index (χ3n) is 5.80. The lowest BCUT2D eigenvalue weighted by Crippen LogP contribution is -2.28. The van der Waals surface area contributed by atoms with Crippen LogP contribution < -0.4 is 9.46 Å². The van der Waals surface area contributed by atoms with Gasteiger partial charge in [0.25, 0.3) is 0 Å². The van der Waals surface area contributed by atoms with E-state index in [-0.39, 0.29) is 4.90 Å². The van der Waals surface area contributed by atoms with Crippen LogP contribution in [0.1, 0.15) is 29.7 Å². The molecule has 0 bridgehead atoms. The molecule has 0 unspecified atom stereocenters. The second-order valence-corrected chi connectivity index (χ2v) is 9.47. The van der Waals surface area contributed by atoms with Gasteiger partial charge >= 0.3 is 0 Å². The molecule has 0 radical (unpaired) electrons. The number of pyridine rings is 1. The Kier molecular flexibility index (Phi) is 5.04. The summed E-state index contributed by atoms with van der Waals surface area (Å²) in [6.45, 7) is 1.40. The number of nitrogens with one attached hydrogen (secondary N) is 1. The van der Waals surface area contributed by atoms with Crippen molar-refractivity contribution in [2.75, 3.05) is 13.2 Å². The summed E-state index contributed by atoms with van der Waals surface area (Å²) < 4.78 is 35.7.